The molecule has 0 bridgehead atoms. The van der Waals surface area contributed by atoms with Crippen molar-refractivity contribution in [3.63, 3.8) is 0 Å². The van der Waals surface area contributed by atoms with Gasteiger partial charge >= 0.3 is 0 Å². The van der Waals surface area contributed by atoms with Crippen LogP contribution in [0.15, 0.2) is 36.8 Å². The molecule has 1 amide bonds. The van der Waals surface area contributed by atoms with E-state index in [0.717, 1.165) is 11.5 Å². The molecule has 2 rings (SSSR count). The third-order valence-corrected chi connectivity index (χ3v) is 3.78. The van der Waals surface area contributed by atoms with Crippen LogP contribution >= 0.6 is 0 Å². The van der Waals surface area contributed by atoms with Gasteiger partial charge in [0.15, 0.2) is 0 Å². The van der Waals surface area contributed by atoms with Gasteiger partial charge in [0.2, 0.25) is 0 Å². The SMILES string of the molecule is C[C@@H](Cc1ccccn1)N(C)C(=O)c1cnc(C(C)(C)C)nc1. The molecule has 0 aromatic carbocycles. The van der Waals surface area contributed by atoms with Crippen molar-refractivity contribution in [1.29, 1.82) is 0 Å². The third kappa shape index (κ3) is 4.34. The lowest BCUT2D eigenvalue weighted by molar-refractivity contribution is 0.0742. The average Bonchev–Trinajstić information content (AvgIpc) is 2.53. The molecular weight excluding hydrogens is 288 g/mol. The number of hydrogen-bond acceptors (Lipinski definition) is 4. The zero-order chi connectivity index (χ0) is 17.0. The van der Waals surface area contributed by atoms with Gasteiger partial charge in [0.1, 0.15) is 5.82 Å². The Morgan fingerprint density at radius 3 is 2.35 bits per heavy atom. The number of carbonyl (C=O) groups excluding carboxylic acids is 1. The summed E-state index contributed by atoms with van der Waals surface area (Å²) in [4.78, 5) is 27.2. The summed E-state index contributed by atoms with van der Waals surface area (Å²) >= 11 is 0. The van der Waals surface area contributed by atoms with Gasteiger partial charge in [0, 0.05) is 49.2 Å². The number of likely N-dealkylation sites (N-methyl/N-ethyl adjacent to an activating group) is 1. The van der Waals surface area contributed by atoms with Crippen molar-refractivity contribution in [3.8, 4) is 0 Å². The first kappa shape index (κ1) is 17.1. The fourth-order valence-corrected chi connectivity index (χ4v) is 2.19. The predicted molar refractivity (Wildman–Crippen MR) is 90.2 cm³/mol. The topological polar surface area (TPSA) is 59.0 Å². The summed E-state index contributed by atoms with van der Waals surface area (Å²) in [5.74, 6) is 0.659. The highest BCUT2D eigenvalue weighted by molar-refractivity contribution is 5.93. The first-order valence-electron chi connectivity index (χ1n) is 7.78. The molecule has 0 saturated carbocycles. The highest BCUT2D eigenvalue weighted by atomic mass is 16.2. The van der Waals surface area contributed by atoms with E-state index in [9.17, 15) is 4.79 Å². The molecule has 5 nitrogen and oxygen atoms in total. The van der Waals surface area contributed by atoms with Gasteiger partial charge in [0.05, 0.1) is 5.56 Å². The number of pyridine rings is 1. The van der Waals surface area contributed by atoms with Gasteiger partial charge in [-0.15, -0.1) is 0 Å². The average molecular weight is 312 g/mol. The number of aromatic nitrogens is 3. The lowest BCUT2D eigenvalue weighted by Gasteiger charge is -2.25. The second kappa shape index (κ2) is 6.86. The molecule has 0 aliphatic heterocycles. The third-order valence-electron chi connectivity index (χ3n) is 3.78. The van der Waals surface area contributed by atoms with E-state index >= 15 is 0 Å². The normalized spacial score (nSPS) is 12.7. The van der Waals surface area contributed by atoms with Crippen LogP contribution in [-0.4, -0.2) is 38.8 Å². The second-order valence-corrected chi connectivity index (χ2v) is 6.84. The van der Waals surface area contributed by atoms with Gasteiger partial charge in [-0.1, -0.05) is 26.8 Å². The minimum absolute atomic E-state index is 0.0414. The molecule has 122 valence electrons. The molecular formula is C18H24N4O. The summed E-state index contributed by atoms with van der Waals surface area (Å²) < 4.78 is 0. The molecule has 0 aliphatic carbocycles. The molecule has 0 radical (unpaired) electrons. The molecule has 0 aliphatic rings. The van der Waals surface area contributed by atoms with E-state index in [1.807, 2.05) is 45.9 Å². The van der Waals surface area contributed by atoms with Crippen LogP contribution in [0.2, 0.25) is 0 Å². The molecule has 2 aromatic heterocycles. The Bertz CT molecular complexity index is 647. The van der Waals surface area contributed by atoms with Crippen LogP contribution in [0.1, 0.15) is 49.6 Å². The largest absolute Gasteiger partial charge is 0.339 e. The van der Waals surface area contributed by atoms with Crippen LogP contribution in [0.4, 0.5) is 0 Å². The minimum atomic E-state index is -0.125. The maximum Gasteiger partial charge on any atom is 0.256 e. The minimum Gasteiger partial charge on any atom is -0.339 e. The number of nitrogens with zero attached hydrogens (tertiary/aromatic N) is 4. The van der Waals surface area contributed by atoms with Gasteiger partial charge in [-0.25, -0.2) is 9.97 Å². The Hall–Kier alpha value is -2.30. The molecule has 0 unspecified atom stereocenters. The summed E-state index contributed by atoms with van der Waals surface area (Å²) in [5.41, 5.74) is 1.35. The summed E-state index contributed by atoms with van der Waals surface area (Å²) in [6.07, 6.45) is 5.70. The van der Waals surface area contributed by atoms with E-state index < -0.39 is 0 Å². The van der Waals surface area contributed by atoms with E-state index in [-0.39, 0.29) is 17.4 Å². The first-order valence-corrected chi connectivity index (χ1v) is 7.78. The van der Waals surface area contributed by atoms with Crippen molar-refractivity contribution < 1.29 is 4.79 Å². The molecule has 0 fully saturated rings. The number of carbonyl (C=O) groups is 1. The molecule has 2 heterocycles. The van der Waals surface area contributed by atoms with Gasteiger partial charge < -0.3 is 4.90 Å². The van der Waals surface area contributed by atoms with E-state index in [0.29, 0.717) is 12.0 Å². The van der Waals surface area contributed by atoms with Crippen molar-refractivity contribution in [1.82, 2.24) is 19.9 Å². The van der Waals surface area contributed by atoms with Gasteiger partial charge in [-0.2, -0.15) is 0 Å². The molecule has 2 aromatic rings. The second-order valence-electron chi connectivity index (χ2n) is 6.84. The Labute approximate surface area is 137 Å². The Morgan fingerprint density at radius 1 is 1.17 bits per heavy atom. The molecule has 5 heteroatoms. The van der Waals surface area contributed by atoms with Crippen LogP contribution in [0.25, 0.3) is 0 Å². The van der Waals surface area contributed by atoms with Gasteiger partial charge in [-0.3, -0.25) is 9.78 Å². The molecule has 1 atom stereocenters. The van der Waals surface area contributed by atoms with Crippen molar-refractivity contribution in [2.75, 3.05) is 7.05 Å². The lowest BCUT2D eigenvalue weighted by atomic mass is 9.96. The molecule has 23 heavy (non-hydrogen) atoms. The molecule has 0 spiro atoms. The number of amides is 1. The maximum atomic E-state index is 12.6. The fraction of sp³-hybridized carbons (Fsp3) is 0.444. The first-order chi connectivity index (χ1) is 10.8. The Kier molecular flexibility index (Phi) is 5.08. The van der Waals surface area contributed by atoms with Crippen molar-refractivity contribution in [2.45, 2.75) is 45.6 Å². The summed E-state index contributed by atoms with van der Waals surface area (Å²) in [5, 5.41) is 0. The fourth-order valence-electron chi connectivity index (χ4n) is 2.19. The van der Waals surface area contributed by atoms with E-state index in [1.54, 1.807) is 30.5 Å². The van der Waals surface area contributed by atoms with Crippen molar-refractivity contribution >= 4 is 5.91 Å². The van der Waals surface area contributed by atoms with Crippen LogP contribution in [0.3, 0.4) is 0 Å². The van der Waals surface area contributed by atoms with E-state index in [2.05, 4.69) is 15.0 Å². The van der Waals surface area contributed by atoms with E-state index in [4.69, 9.17) is 0 Å². The predicted octanol–water partition coefficient (Wildman–Crippen LogP) is 2.87. The Balaban J connectivity index is 2.07. The van der Waals surface area contributed by atoms with Gasteiger partial charge in [0.25, 0.3) is 5.91 Å². The zero-order valence-electron chi connectivity index (χ0n) is 14.4. The maximum absolute atomic E-state index is 12.6. The number of rotatable bonds is 4. The van der Waals surface area contributed by atoms with Crippen LogP contribution in [0, 0.1) is 0 Å². The molecule has 0 saturated heterocycles. The monoisotopic (exact) mass is 312 g/mol. The van der Waals surface area contributed by atoms with Crippen LogP contribution < -0.4 is 0 Å². The van der Waals surface area contributed by atoms with Crippen molar-refractivity contribution in [2.24, 2.45) is 0 Å². The van der Waals surface area contributed by atoms with Crippen LogP contribution in [0.5, 0.6) is 0 Å². The van der Waals surface area contributed by atoms with Gasteiger partial charge in [-0.05, 0) is 19.1 Å². The summed E-state index contributed by atoms with van der Waals surface area (Å²) in [6.45, 7) is 8.15. The summed E-state index contributed by atoms with van der Waals surface area (Å²) in [6, 6.07) is 5.85. The highest BCUT2D eigenvalue weighted by Gasteiger charge is 2.21. The molecule has 0 N–H and O–H groups in total. The van der Waals surface area contributed by atoms with E-state index in [1.165, 1.54) is 0 Å². The Morgan fingerprint density at radius 2 is 1.83 bits per heavy atom. The smallest absolute Gasteiger partial charge is 0.256 e. The van der Waals surface area contributed by atoms with Crippen molar-refractivity contribution in [3.05, 3.63) is 53.9 Å². The number of hydrogen-bond donors (Lipinski definition) is 0. The standard InChI is InChI=1S/C18H24N4O/c1-13(10-15-8-6-7-9-19-15)22(5)16(23)14-11-20-17(21-12-14)18(2,3)4/h6-9,11-13H,10H2,1-5H3/t13-/m0/s1. The highest BCUT2D eigenvalue weighted by Crippen LogP contribution is 2.17. The quantitative estimate of drug-likeness (QED) is 0.871. The lowest BCUT2D eigenvalue weighted by Crippen LogP contribution is -2.36. The van der Waals surface area contributed by atoms with Crippen LogP contribution in [-0.2, 0) is 11.8 Å². The summed E-state index contributed by atoms with van der Waals surface area (Å²) in [7, 11) is 1.80. The zero-order valence-corrected chi connectivity index (χ0v) is 14.4.